The molecule has 1 saturated heterocycles. The number of nitrogens with one attached hydrogen (secondary N) is 2. The van der Waals surface area contributed by atoms with Gasteiger partial charge >= 0.3 is 0 Å². The van der Waals surface area contributed by atoms with E-state index >= 15 is 0 Å². The highest BCUT2D eigenvalue weighted by Crippen LogP contribution is 2.08. The Morgan fingerprint density at radius 1 is 1.50 bits per heavy atom. The first-order valence-electron chi connectivity index (χ1n) is 2.61. The molecule has 42 valence electrons. The smallest absolute Gasteiger partial charge is 0.0981 e. The molecule has 2 atom stereocenters. The lowest BCUT2D eigenvalue weighted by Crippen LogP contribution is -2.28. The zero-order valence-corrected chi connectivity index (χ0v) is 5.03. The second-order valence-corrected chi connectivity index (χ2v) is 2.46. The number of thiocarbonyl (C=S) groups is 1. The summed E-state index contributed by atoms with van der Waals surface area (Å²) in [6.07, 6.45) is 4.50. The van der Waals surface area contributed by atoms with E-state index in [9.17, 15) is 0 Å². The third-order valence-electron chi connectivity index (χ3n) is 1.44. The van der Waals surface area contributed by atoms with E-state index in [1.54, 1.807) is 0 Å². The van der Waals surface area contributed by atoms with Gasteiger partial charge in [-0.3, -0.25) is 5.32 Å². The van der Waals surface area contributed by atoms with Gasteiger partial charge in [-0.1, -0.05) is 18.3 Å². The van der Waals surface area contributed by atoms with E-state index in [1.165, 1.54) is 0 Å². The molecule has 0 unspecified atom stereocenters. The zero-order valence-electron chi connectivity index (χ0n) is 4.22. The first-order chi connectivity index (χ1) is 3.86. The van der Waals surface area contributed by atoms with Crippen LogP contribution in [0, 0.1) is 0 Å². The van der Waals surface area contributed by atoms with Crippen molar-refractivity contribution in [3.63, 3.8) is 0 Å². The zero-order chi connectivity index (χ0) is 5.56. The van der Waals surface area contributed by atoms with Crippen molar-refractivity contribution in [2.24, 2.45) is 0 Å². The Bertz CT molecular complexity index is 164. The minimum atomic E-state index is 0.326. The van der Waals surface area contributed by atoms with E-state index in [1.807, 2.05) is 0 Å². The lowest BCUT2D eigenvalue weighted by molar-refractivity contribution is 0.681. The second-order valence-electron chi connectivity index (χ2n) is 2.02. The molecule has 0 spiro atoms. The Morgan fingerprint density at radius 2 is 2.38 bits per heavy atom. The highest BCUT2D eigenvalue weighted by atomic mass is 32.1. The van der Waals surface area contributed by atoms with Gasteiger partial charge in [-0.25, -0.2) is 0 Å². The molecule has 2 nitrogen and oxygen atoms in total. The van der Waals surface area contributed by atoms with Gasteiger partial charge < -0.3 is 5.32 Å². The van der Waals surface area contributed by atoms with Crippen molar-refractivity contribution in [2.75, 3.05) is 0 Å². The summed E-state index contributed by atoms with van der Waals surface area (Å²) < 4.78 is 0. The molecule has 0 amide bonds. The molecule has 2 N–H and O–H groups in total. The number of hydrogen-bond donors (Lipinski definition) is 2. The molecule has 3 heteroatoms. The van der Waals surface area contributed by atoms with Gasteiger partial charge in [0.1, 0.15) is 0 Å². The van der Waals surface area contributed by atoms with Crippen molar-refractivity contribution < 1.29 is 0 Å². The molecule has 2 rings (SSSR count). The number of fused-ring (bicyclic) bond motifs is 2. The van der Waals surface area contributed by atoms with Gasteiger partial charge in [-0.15, -0.1) is 0 Å². The van der Waals surface area contributed by atoms with Crippen molar-refractivity contribution in [1.82, 2.24) is 10.6 Å². The topological polar surface area (TPSA) is 24.1 Å². The third kappa shape index (κ3) is 0.428. The third-order valence-corrected chi connectivity index (χ3v) is 1.81. The van der Waals surface area contributed by atoms with Crippen LogP contribution in [0.5, 0.6) is 0 Å². The van der Waals surface area contributed by atoms with Crippen molar-refractivity contribution in [3.8, 4) is 0 Å². The molecule has 0 saturated carbocycles. The predicted octanol–water partition coefficient (Wildman–Crippen LogP) is -0.229. The summed E-state index contributed by atoms with van der Waals surface area (Å²) in [4.78, 5) is 0.928. The normalized spacial score (nSPS) is 40.8. The van der Waals surface area contributed by atoms with Gasteiger partial charge in [0.2, 0.25) is 0 Å². The number of rotatable bonds is 0. The Labute approximate surface area is 53.0 Å². The predicted molar refractivity (Wildman–Crippen MR) is 35.6 cm³/mol. The first kappa shape index (κ1) is 4.47. The van der Waals surface area contributed by atoms with Crippen LogP contribution in [0.25, 0.3) is 0 Å². The number of hydrogen-bond acceptors (Lipinski definition) is 2. The molecule has 2 aliphatic rings. The standard InChI is InChI=1S/C5H6N2S/c8-5-3-1-2-4(6-3)7-5/h1-4,6H,(H,7,8)/t3-,4-/m0/s1. The lowest BCUT2D eigenvalue weighted by atomic mass is 10.3. The van der Waals surface area contributed by atoms with E-state index in [0.717, 1.165) is 4.99 Å². The largest absolute Gasteiger partial charge is 0.359 e. The van der Waals surface area contributed by atoms with Gasteiger partial charge in [-0.2, -0.15) is 0 Å². The molecule has 0 radical (unpaired) electrons. The maximum Gasteiger partial charge on any atom is 0.0981 e. The minimum Gasteiger partial charge on any atom is -0.359 e. The van der Waals surface area contributed by atoms with E-state index in [2.05, 4.69) is 22.8 Å². The van der Waals surface area contributed by atoms with Gasteiger partial charge in [0.15, 0.2) is 0 Å². The fourth-order valence-electron chi connectivity index (χ4n) is 1.02. The van der Waals surface area contributed by atoms with E-state index in [0.29, 0.717) is 12.2 Å². The Hall–Kier alpha value is -0.410. The highest BCUT2D eigenvalue weighted by Gasteiger charge is 2.28. The average Bonchev–Trinajstić information content (AvgIpc) is 2.23. The fraction of sp³-hybridized carbons (Fsp3) is 0.400. The molecule has 1 fully saturated rings. The van der Waals surface area contributed by atoms with Crippen molar-refractivity contribution in [1.29, 1.82) is 0 Å². The van der Waals surface area contributed by atoms with Crippen LogP contribution in [-0.4, -0.2) is 17.2 Å². The van der Waals surface area contributed by atoms with Crippen LogP contribution in [0.4, 0.5) is 0 Å². The quantitative estimate of drug-likeness (QED) is 0.346. The molecule has 0 aromatic rings. The molecule has 0 aromatic carbocycles. The van der Waals surface area contributed by atoms with Crippen LogP contribution < -0.4 is 10.6 Å². The van der Waals surface area contributed by atoms with Crippen LogP contribution >= 0.6 is 12.2 Å². The summed E-state index contributed by atoms with van der Waals surface area (Å²) in [5, 5.41) is 6.30. The van der Waals surface area contributed by atoms with Gasteiger partial charge in [0, 0.05) is 0 Å². The van der Waals surface area contributed by atoms with Crippen molar-refractivity contribution in [3.05, 3.63) is 12.2 Å². The van der Waals surface area contributed by atoms with Crippen LogP contribution in [0.15, 0.2) is 12.2 Å². The summed E-state index contributed by atoms with van der Waals surface area (Å²) in [5.41, 5.74) is 0. The van der Waals surface area contributed by atoms with Gasteiger partial charge in [-0.05, 0) is 6.08 Å². The average molecular weight is 126 g/mol. The maximum atomic E-state index is 4.95. The molecule has 0 aliphatic carbocycles. The molecular formula is C5H6N2S. The fourth-order valence-corrected chi connectivity index (χ4v) is 1.30. The Morgan fingerprint density at radius 3 is 2.62 bits per heavy atom. The summed E-state index contributed by atoms with van der Waals surface area (Å²) >= 11 is 4.95. The van der Waals surface area contributed by atoms with Crippen LogP contribution in [0.2, 0.25) is 0 Å². The SMILES string of the molecule is S=C1N[C@H]2C=C[C@@H]1N2. The summed E-state index contributed by atoms with van der Waals surface area (Å²) in [6, 6.07) is 0.329. The van der Waals surface area contributed by atoms with E-state index in [-0.39, 0.29) is 0 Å². The highest BCUT2D eigenvalue weighted by molar-refractivity contribution is 7.80. The molecule has 2 heterocycles. The summed E-state index contributed by atoms with van der Waals surface area (Å²) in [6.45, 7) is 0. The van der Waals surface area contributed by atoms with Gasteiger partial charge in [0.25, 0.3) is 0 Å². The molecule has 2 bridgehead atoms. The van der Waals surface area contributed by atoms with Gasteiger partial charge in [0.05, 0.1) is 17.2 Å². The molecule has 2 aliphatic heterocycles. The lowest BCUT2D eigenvalue weighted by Gasteiger charge is -2.02. The monoisotopic (exact) mass is 126 g/mol. The van der Waals surface area contributed by atoms with Crippen molar-refractivity contribution in [2.45, 2.75) is 12.2 Å². The minimum absolute atomic E-state index is 0.326. The molecular weight excluding hydrogens is 120 g/mol. The van der Waals surface area contributed by atoms with E-state index in [4.69, 9.17) is 12.2 Å². The van der Waals surface area contributed by atoms with E-state index < -0.39 is 0 Å². The Balaban J connectivity index is 2.35. The molecule has 8 heavy (non-hydrogen) atoms. The van der Waals surface area contributed by atoms with Crippen LogP contribution in [-0.2, 0) is 0 Å². The first-order valence-corrected chi connectivity index (χ1v) is 3.02. The van der Waals surface area contributed by atoms with Crippen LogP contribution in [0.3, 0.4) is 0 Å². The summed E-state index contributed by atoms with van der Waals surface area (Å²) in [7, 11) is 0. The van der Waals surface area contributed by atoms with Crippen molar-refractivity contribution >= 4 is 17.2 Å². The maximum absolute atomic E-state index is 4.95. The molecule has 0 aromatic heterocycles. The summed E-state index contributed by atoms with van der Waals surface area (Å²) in [5.74, 6) is 0. The Kier molecular flexibility index (Phi) is 0.725. The van der Waals surface area contributed by atoms with Crippen LogP contribution in [0.1, 0.15) is 0 Å². The second kappa shape index (κ2) is 1.30.